The van der Waals surface area contributed by atoms with E-state index in [-0.39, 0.29) is 16.1 Å². The maximum absolute atomic E-state index is 13.8. The third-order valence-corrected chi connectivity index (χ3v) is 3.64. The van der Waals surface area contributed by atoms with Crippen molar-refractivity contribution in [3.8, 4) is 0 Å². The first-order valence-corrected chi connectivity index (χ1v) is 6.61. The number of pyridine rings is 1. The van der Waals surface area contributed by atoms with Crippen LogP contribution in [0.4, 0.5) is 8.78 Å². The molecule has 2 rings (SSSR count). The van der Waals surface area contributed by atoms with Gasteiger partial charge in [-0.3, -0.25) is 9.78 Å². The van der Waals surface area contributed by atoms with E-state index >= 15 is 0 Å². The molecule has 110 valence electrons. The first-order valence-electron chi connectivity index (χ1n) is 6.23. The van der Waals surface area contributed by atoms with Crippen molar-refractivity contribution in [3.63, 3.8) is 0 Å². The predicted octanol–water partition coefficient (Wildman–Crippen LogP) is 3.85. The third-order valence-electron chi connectivity index (χ3n) is 3.31. The van der Waals surface area contributed by atoms with Gasteiger partial charge in [-0.15, -0.1) is 0 Å². The molecule has 0 spiro atoms. The van der Waals surface area contributed by atoms with E-state index in [0.29, 0.717) is 0 Å². The lowest BCUT2D eigenvalue weighted by atomic mass is 10.1. The Morgan fingerprint density at radius 2 is 2.05 bits per heavy atom. The number of benzene rings is 1. The predicted molar refractivity (Wildman–Crippen MR) is 76.1 cm³/mol. The molecule has 21 heavy (non-hydrogen) atoms. The molecule has 0 N–H and O–H groups in total. The molecular weight excluding hydrogens is 298 g/mol. The van der Waals surface area contributed by atoms with Gasteiger partial charge in [0.1, 0.15) is 11.6 Å². The summed E-state index contributed by atoms with van der Waals surface area (Å²) < 4.78 is 27.0. The molecule has 0 aliphatic heterocycles. The fourth-order valence-electron chi connectivity index (χ4n) is 1.94. The summed E-state index contributed by atoms with van der Waals surface area (Å²) in [4.78, 5) is 17.5. The van der Waals surface area contributed by atoms with Crippen LogP contribution in [0.5, 0.6) is 0 Å². The Morgan fingerprint density at radius 1 is 1.33 bits per heavy atom. The number of rotatable bonds is 3. The zero-order valence-electron chi connectivity index (χ0n) is 11.5. The molecule has 1 atom stereocenters. The third kappa shape index (κ3) is 3.19. The number of nitrogens with zero attached hydrogens (tertiary/aromatic N) is 2. The van der Waals surface area contributed by atoms with Crippen LogP contribution in [0, 0.1) is 11.6 Å². The quantitative estimate of drug-likeness (QED) is 0.863. The second kappa shape index (κ2) is 6.18. The molecule has 1 unspecified atom stereocenters. The summed E-state index contributed by atoms with van der Waals surface area (Å²) in [5.41, 5.74) is 0.316. The van der Waals surface area contributed by atoms with Gasteiger partial charge >= 0.3 is 0 Å². The highest BCUT2D eigenvalue weighted by atomic mass is 35.5. The molecule has 3 nitrogen and oxygen atoms in total. The molecule has 1 aromatic heterocycles. The van der Waals surface area contributed by atoms with Crippen molar-refractivity contribution in [2.75, 3.05) is 7.05 Å². The van der Waals surface area contributed by atoms with E-state index in [1.54, 1.807) is 6.92 Å². The van der Waals surface area contributed by atoms with E-state index in [1.165, 1.54) is 30.4 Å². The fourth-order valence-corrected chi connectivity index (χ4v) is 2.13. The van der Waals surface area contributed by atoms with Crippen LogP contribution in [-0.4, -0.2) is 22.8 Å². The van der Waals surface area contributed by atoms with Gasteiger partial charge in [0.05, 0.1) is 16.6 Å². The van der Waals surface area contributed by atoms with Crippen molar-refractivity contribution in [2.45, 2.75) is 13.0 Å². The highest BCUT2D eigenvalue weighted by Crippen LogP contribution is 2.25. The lowest BCUT2D eigenvalue weighted by molar-refractivity contribution is 0.0740. The number of aromatic nitrogens is 1. The highest BCUT2D eigenvalue weighted by Gasteiger charge is 2.23. The van der Waals surface area contributed by atoms with Crippen LogP contribution in [0.1, 0.15) is 28.9 Å². The first kappa shape index (κ1) is 15.4. The number of carbonyl (C=O) groups is 1. The minimum absolute atomic E-state index is 0.103. The molecule has 0 saturated heterocycles. The largest absolute Gasteiger partial charge is 0.335 e. The number of amides is 1. The number of carbonyl (C=O) groups excluding carboxylic acids is 1. The summed E-state index contributed by atoms with van der Waals surface area (Å²) in [6.07, 6.45) is 2.81. The Bertz CT molecular complexity index is 678. The van der Waals surface area contributed by atoms with Crippen LogP contribution in [0.2, 0.25) is 5.02 Å². The average Bonchev–Trinajstić information content (AvgIpc) is 2.48. The van der Waals surface area contributed by atoms with Crippen molar-refractivity contribution in [1.29, 1.82) is 0 Å². The molecule has 6 heteroatoms. The van der Waals surface area contributed by atoms with Gasteiger partial charge in [0, 0.05) is 25.0 Å². The standard InChI is InChI=1S/C15H13ClF2N2O/c1-9(11-7-10(17)3-4-14(11)18)20(2)15(21)12-8-19-6-5-13(12)16/h3-9H,1-2H3. The molecule has 0 aliphatic carbocycles. The SMILES string of the molecule is CC(c1cc(F)ccc1F)N(C)C(=O)c1cnccc1Cl. The summed E-state index contributed by atoms with van der Waals surface area (Å²) >= 11 is 5.95. The Balaban J connectivity index is 2.31. The number of halogens is 3. The molecular formula is C15H13ClF2N2O. The zero-order valence-corrected chi connectivity index (χ0v) is 12.2. The number of hydrogen-bond donors (Lipinski definition) is 0. The highest BCUT2D eigenvalue weighted by molar-refractivity contribution is 6.33. The van der Waals surface area contributed by atoms with Gasteiger partial charge in [-0.2, -0.15) is 0 Å². The van der Waals surface area contributed by atoms with E-state index in [4.69, 9.17) is 11.6 Å². The van der Waals surface area contributed by atoms with Gasteiger partial charge in [-0.1, -0.05) is 11.6 Å². The van der Waals surface area contributed by atoms with Gasteiger partial charge in [-0.05, 0) is 31.2 Å². The van der Waals surface area contributed by atoms with Gasteiger partial charge in [-0.25, -0.2) is 8.78 Å². The first-order chi connectivity index (χ1) is 9.91. The summed E-state index contributed by atoms with van der Waals surface area (Å²) in [5, 5.41) is 0.258. The van der Waals surface area contributed by atoms with Crippen LogP contribution in [-0.2, 0) is 0 Å². The van der Waals surface area contributed by atoms with Crippen LogP contribution in [0.3, 0.4) is 0 Å². The Hall–Kier alpha value is -2.01. The molecule has 0 radical (unpaired) electrons. The molecule has 1 heterocycles. The van der Waals surface area contributed by atoms with E-state index < -0.39 is 23.6 Å². The summed E-state index contributed by atoms with van der Waals surface area (Å²) in [6.45, 7) is 1.61. The van der Waals surface area contributed by atoms with E-state index in [0.717, 1.165) is 18.2 Å². The second-order valence-corrected chi connectivity index (χ2v) is 5.02. The van der Waals surface area contributed by atoms with Crippen molar-refractivity contribution < 1.29 is 13.6 Å². The molecule has 0 fully saturated rings. The molecule has 0 saturated carbocycles. The van der Waals surface area contributed by atoms with Gasteiger partial charge in [0.2, 0.25) is 0 Å². The molecule has 1 aromatic carbocycles. The van der Waals surface area contributed by atoms with Crippen LogP contribution >= 0.6 is 11.6 Å². The second-order valence-electron chi connectivity index (χ2n) is 4.61. The summed E-state index contributed by atoms with van der Waals surface area (Å²) in [6, 6.07) is 4.00. The van der Waals surface area contributed by atoms with E-state index in [9.17, 15) is 13.6 Å². The van der Waals surface area contributed by atoms with Gasteiger partial charge in [0.25, 0.3) is 5.91 Å². The fraction of sp³-hybridized carbons (Fsp3) is 0.200. The maximum Gasteiger partial charge on any atom is 0.257 e. The lowest BCUT2D eigenvalue weighted by Crippen LogP contribution is -2.30. The normalized spacial score (nSPS) is 12.0. The Morgan fingerprint density at radius 3 is 2.71 bits per heavy atom. The molecule has 2 aromatic rings. The van der Waals surface area contributed by atoms with Crippen LogP contribution < -0.4 is 0 Å². The minimum atomic E-state index is -0.649. The smallest absolute Gasteiger partial charge is 0.257 e. The maximum atomic E-state index is 13.8. The van der Waals surface area contributed by atoms with Crippen LogP contribution in [0.25, 0.3) is 0 Å². The molecule has 0 aliphatic rings. The van der Waals surface area contributed by atoms with Gasteiger partial charge in [0.15, 0.2) is 0 Å². The lowest BCUT2D eigenvalue weighted by Gasteiger charge is -2.26. The Labute approximate surface area is 126 Å². The van der Waals surface area contributed by atoms with Crippen molar-refractivity contribution in [2.24, 2.45) is 0 Å². The van der Waals surface area contributed by atoms with E-state index in [1.807, 2.05) is 0 Å². The molecule has 0 bridgehead atoms. The zero-order chi connectivity index (χ0) is 15.6. The monoisotopic (exact) mass is 310 g/mol. The average molecular weight is 311 g/mol. The number of hydrogen-bond acceptors (Lipinski definition) is 2. The topological polar surface area (TPSA) is 33.2 Å². The minimum Gasteiger partial charge on any atom is -0.335 e. The van der Waals surface area contributed by atoms with Gasteiger partial charge < -0.3 is 4.90 Å². The van der Waals surface area contributed by atoms with Crippen molar-refractivity contribution in [1.82, 2.24) is 9.88 Å². The van der Waals surface area contributed by atoms with Crippen molar-refractivity contribution in [3.05, 3.63) is 64.4 Å². The summed E-state index contributed by atoms with van der Waals surface area (Å²) in [7, 11) is 1.50. The summed E-state index contributed by atoms with van der Waals surface area (Å²) in [5.74, 6) is -1.54. The van der Waals surface area contributed by atoms with E-state index in [2.05, 4.69) is 4.98 Å². The van der Waals surface area contributed by atoms with Crippen LogP contribution in [0.15, 0.2) is 36.7 Å². The Kier molecular flexibility index (Phi) is 4.53. The van der Waals surface area contributed by atoms with Crippen molar-refractivity contribution >= 4 is 17.5 Å². The molecule has 1 amide bonds.